The van der Waals surface area contributed by atoms with Gasteiger partial charge in [0.25, 0.3) is 0 Å². The fraction of sp³-hybridized carbons (Fsp3) is 0.391. The van der Waals surface area contributed by atoms with E-state index in [0.717, 1.165) is 43.4 Å². The molecule has 1 amide bonds. The van der Waals surface area contributed by atoms with Gasteiger partial charge in [-0.3, -0.25) is 4.79 Å². The highest BCUT2D eigenvalue weighted by Crippen LogP contribution is 2.50. The van der Waals surface area contributed by atoms with Crippen LogP contribution in [0.2, 0.25) is 0 Å². The molecule has 1 aromatic heterocycles. The van der Waals surface area contributed by atoms with Crippen LogP contribution in [0.4, 0.5) is 13.2 Å². The maximum atomic E-state index is 13.2. The minimum atomic E-state index is -4.37. The Kier molecular flexibility index (Phi) is 4.38. The third-order valence-corrected chi connectivity index (χ3v) is 6.53. The number of carbonyl (C=O) groups is 1. The van der Waals surface area contributed by atoms with E-state index in [4.69, 9.17) is 0 Å². The van der Waals surface area contributed by atoms with Gasteiger partial charge in [0, 0.05) is 19.1 Å². The monoisotopic (exact) mass is 413 g/mol. The normalized spacial score (nSPS) is 19.2. The van der Waals surface area contributed by atoms with Crippen molar-refractivity contribution in [1.29, 1.82) is 0 Å². The van der Waals surface area contributed by atoms with E-state index in [-0.39, 0.29) is 17.4 Å². The summed E-state index contributed by atoms with van der Waals surface area (Å²) in [4.78, 5) is 19.4. The van der Waals surface area contributed by atoms with Crippen molar-refractivity contribution in [2.75, 3.05) is 13.1 Å². The summed E-state index contributed by atoms with van der Waals surface area (Å²) in [6.45, 7) is 1.30. The second-order valence-corrected chi connectivity index (χ2v) is 8.32. The van der Waals surface area contributed by atoms with E-state index in [1.807, 2.05) is 39.8 Å². The maximum Gasteiger partial charge on any atom is 0.416 e. The number of rotatable bonds is 3. The molecule has 30 heavy (non-hydrogen) atoms. The summed E-state index contributed by atoms with van der Waals surface area (Å²) in [6.07, 6.45) is 0.569. The molecule has 0 bridgehead atoms. The SMILES string of the molecule is O=C(N1CCC(n2cnc3cc(C(F)(F)F)ccc32)CC1)C1(c2ccccc2)CC1. The fourth-order valence-corrected chi connectivity index (χ4v) is 4.66. The van der Waals surface area contributed by atoms with Crippen molar-refractivity contribution in [3.05, 3.63) is 66.0 Å². The predicted molar refractivity (Wildman–Crippen MR) is 107 cm³/mol. The van der Waals surface area contributed by atoms with E-state index in [9.17, 15) is 18.0 Å². The quantitative estimate of drug-likeness (QED) is 0.609. The molecule has 1 aliphatic carbocycles. The van der Waals surface area contributed by atoms with E-state index in [2.05, 4.69) is 4.98 Å². The lowest BCUT2D eigenvalue weighted by Gasteiger charge is -2.35. The van der Waals surface area contributed by atoms with Crippen LogP contribution >= 0.6 is 0 Å². The van der Waals surface area contributed by atoms with Gasteiger partial charge in [0.2, 0.25) is 5.91 Å². The second kappa shape index (κ2) is 6.86. The highest BCUT2D eigenvalue weighted by molar-refractivity contribution is 5.91. The highest BCUT2D eigenvalue weighted by Gasteiger charge is 2.53. The van der Waals surface area contributed by atoms with Crippen molar-refractivity contribution in [1.82, 2.24) is 14.5 Å². The Morgan fingerprint density at radius 2 is 1.73 bits per heavy atom. The molecule has 5 rings (SSSR count). The van der Waals surface area contributed by atoms with Crippen LogP contribution in [-0.2, 0) is 16.4 Å². The van der Waals surface area contributed by atoms with Crippen LogP contribution in [0.15, 0.2) is 54.9 Å². The molecule has 0 spiro atoms. The largest absolute Gasteiger partial charge is 0.416 e. The van der Waals surface area contributed by atoms with E-state index in [1.54, 1.807) is 6.33 Å². The van der Waals surface area contributed by atoms with E-state index in [1.165, 1.54) is 6.07 Å². The molecule has 0 unspecified atom stereocenters. The molecule has 1 saturated heterocycles. The second-order valence-electron chi connectivity index (χ2n) is 8.32. The predicted octanol–water partition coefficient (Wildman–Crippen LogP) is 4.95. The van der Waals surface area contributed by atoms with E-state index >= 15 is 0 Å². The standard InChI is InChI=1S/C23H22F3N3O/c24-23(25,26)17-6-7-20-19(14-17)27-15-29(20)18-8-12-28(13-9-18)21(30)22(10-11-22)16-4-2-1-3-5-16/h1-7,14-15,18H,8-13H2. The van der Waals surface area contributed by atoms with Crippen molar-refractivity contribution in [3.8, 4) is 0 Å². The lowest BCUT2D eigenvalue weighted by atomic mass is 9.93. The van der Waals surface area contributed by atoms with Gasteiger partial charge in [0.1, 0.15) is 0 Å². The van der Waals surface area contributed by atoms with Crippen LogP contribution in [0.1, 0.15) is 42.9 Å². The van der Waals surface area contributed by atoms with Crippen molar-refractivity contribution >= 4 is 16.9 Å². The van der Waals surface area contributed by atoms with Crippen LogP contribution < -0.4 is 0 Å². The summed E-state index contributed by atoms with van der Waals surface area (Å²) in [5.74, 6) is 0.206. The Labute approximate surface area is 172 Å². The number of nitrogens with zero attached hydrogens (tertiary/aromatic N) is 3. The average Bonchev–Trinajstić information content (AvgIpc) is 3.46. The summed E-state index contributed by atoms with van der Waals surface area (Å²) in [5, 5.41) is 0. The third-order valence-electron chi connectivity index (χ3n) is 6.53. The Morgan fingerprint density at radius 3 is 2.37 bits per heavy atom. The van der Waals surface area contributed by atoms with Crippen molar-refractivity contribution < 1.29 is 18.0 Å². The molecule has 0 radical (unpaired) electrons. The van der Waals surface area contributed by atoms with Gasteiger partial charge in [-0.1, -0.05) is 30.3 Å². The third kappa shape index (κ3) is 3.16. The summed E-state index contributed by atoms with van der Waals surface area (Å²) in [5.41, 5.74) is 1.11. The van der Waals surface area contributed by atoms with Crippen molar-refractivity contribution in [2.24, 2.45) is 0 Å². The number of benzene rings is 2. The molecule has 0 atom stereocenters. The molecule has 2 fully saturated rings. The lowest BCUT2D eigenvalue weighted by Crippen LogP contribution is -2.44. The molecule has 4 nitrogen and oxygen atoms in total. The summed E-state index contributed by atoms with van der Waals surface area (Å²) in [7, 11) is 0. The summed E-state index contributed by atoms with van der Waals surface area (Å²) >= 11 is 0. The molecular weight excluding hydrogens is 391 g/mol. The minimum absolute atomic E-state index is 0.127. The molecular formula is C23H22F3N3O. The zero-order valence-electron chi connectivity index (χ0n) is 16.4. The number of amides is 1. The molecule has 1 saturated carbocycles. The van der Waals surface area contributed by atoms with Gasteiger partial charge in [-0.15, -0.1) is 0 Å². The fourth-order valence-electron chi connectivity index (χ4n) is 4.66. The number of piperidine rings is 1. The summed E-state index contributed by atoms with van der Waals surface area (Å²) in [6, 6.07) is 13.8. The Hall–Kier alpha value is -2.83. The smallest absolute Gasteiger partial charge is 0.342 e. The number of aromatic nitrogens is 2. The van der Waals surface area contributed by atoms with Gasteiger partial charge < -0.3 is 9.47 Å². The number of alkyl halides is 3. The summed E-state index contributed by atoms with van der Waals surface area (Å²) < 4.78 is 40.8. The first-order valence-corrected chi connectivity index (χ1v) is 10.3. The van der Waals surface area contributed by atoms with Crippen molar-refractivity contribution in [3.63, 3.8) is 0 Å². The first kappa shape index (κ1) is 19.2. The zero-order valence-corrected chi connectivity index (χ0v) is 16.4. The van der Waals surface area contributed by atoms with Crippen LogP contribution in [0.5, 0.6) is 0 Å². The van der Waals surface area contributed by atoms with E-state index in [0.29, 0.717) is 24.1 Å². The number of imidazole rings is 1. The first-order valence-electron chi connectivity index (χ1n) is 10.3. The molecule has 2 heterocycles. The topological polar surface area (TPSA) is 38.1 Å². The van der Waals surface area contributed by atoms with Gasteiger partial charge >= 0.3 is 6.18 Å². The molecule has 2 aromatic carbocycles. The van der Waals surface area contributed by atoms with Gasteiger partial charge in [0.15, 0.2) is 0 Å². The number of hydrogen-bond donors (Lipinski definition) is 0. The molecule has 7 heteroatoms. The Morgan fingerprint density at radius 1 is 1.03 bits per heavy atom. The van der Waals surface area contributed by atoms with Gasteiger partial charge in [-0.05, 0) is 49.4 Å². The van der Waals surface area contributed by atoms with Gasteiger partial charge in [-0.2, -0.15) is 13.2 Å². The van der Waals surface area contributed by atoms with Gasteiger partial charge in [0.05, 0.1) is 28.3 Å². The maximum absolute atomic E-state index is 13.2. The van der Waals surface area contributed by atoms with Gasteiger partial charge in [-0.25, -0.2) is 4.98 Å². The number of likely N-dealkylation sites (tertiary alicyclic amines) is 1. The highest BCUT2D eigenvalue weighted by atomic mass is 19.4. The van der Waals surface area contributed by atoms with Crippen LogP contribution in [0.3, 0.4) is 0 Å². The molecule has 2 aliphatic rings. The Bertz CT molecular complexity index is 1080. The number of halogens is 3. The molecule has 156 valence electrons. The molecule has 1 aliphatic heterocycles. The number of hydrogen-bond acceptors (Lipinski definition) is 2. The molecule has 3 aromatic rings. The van der Waals surface area contributed by atoms with Crippen LogP contribution in [0, 0.1) is 0 Å². The zero-order chi connectivity index (χ0) is 20.9. The van der Waals surface area contributed by atoms with Crippen molar-refractivity contribution in [2.45, 2.75) is 43.3 Å². The Balaban J connectivity index is 1.30. The van der Waals surface area contributed by atoms with E-state index < -0.39 is 11.7 Å². The van der Waals surface area contributed by atoms with Crippen LogP contribution in [0.25, 0.3) is 11.0 Å². The first-order chi connectivity index (χ1) is 14.4. The minimum Gasteiger partial charge on any atom is -0.342 e. The van der Waals surface area contributed by atoms with Crippen LogP contribution in [-0.4, -0.2) is 33.4 Å². The number of fused-ring (bicyclic) bond motifs is 1. The lowest BCUT2D eigenvalue weighted by molar-refractivity contribution is -0.137. The average molecular weight is 413 g/mol. The molecule has 0 N–H and O–H groups in total. The number of carbonyl (C=O) groups excluding carboxylic acids is 1.